The normalized spacial score (nSPS) is 16.2. The molecule has 1 aliphatic heterocycles. The van der Waals surface area contributed by atoms with Crippen LogP contribution >= 0.6 is 0 Å². The van der Waals surface area contributed by atoms with Crippen molar-refractivity contribution in [3.05, 3.63) is 48.4 Å². The number of hydrogen-bond donors (Lipinski definition) is 1. The van der Waals surface area contributed by atoms with E-state index in [4.69, 9.17) is 0 Å². The molecular formula is C16H20N4. The highest BCUT2D eigenvalue weighted by Gasteiger charge is 2.10. The fourth-order valence-corrected chi connectivity index (χ4v) is 2.48. The van der Waals surface area contributed by atoms with Gasteiger partial charge in [0.2, 0.25) is 0 Å². The molecule has 0 aliphatic carbocycles. The zero-order valence-corrected chi connectivity index (χ0v) is 11.6. The Hall–Kier alpha value is -1.78. The molecule has 4 heteroatoms. The van der Waals surface area contributed by atoms with Gasteiger partial charge in [0.25, 0.3) is 0 Å². The van der Waals surface area contributed by atoms with E-state index in [1.165, 1.54) is 0 Å². The summed E-state index contributed by atoms with van der Waals surface area (Å²) in [4.78, 5) is 11.5. The van der Waals surface area contributed by atoms with E-state index in [-0.39, 0.29) is 0 Å². The summed E-state index contributed by atoms with van der Waals surface area (Å²) in [5.74, 6) is 0.935. The predicted octanol–water partition coefficient (Wildman–Crippen LogP) is 1.59. The molecule has 1 aromatic carbocycles. The first-order valence-electron chi connectivity index (χ1n) is 7.22. The van der Waals surface area contributed by atoms with Crippen LogP contribution in [-0.2, 0) is 6.42 Å². The van der Waals surface area contributed by atoms with E-state index < -0.39 is 0 Å². The maximum atomic E-state index is 4.67. The van der Waals surface area contributed by atoms with Crippen LogP contribution in [0.3, 0.4) is 0 Å². The molecule has 4 nitrogen and oxygen atoms in total. The molecule has 1 aliphatic rings. The van der Waals surface area contributed by atoms with Crippen molar-refractivity contribution in [2.45, 2.75) is 6.42 Å². The molecule has 0 bridgehead atoms. The first-order chi connectivity index (χ1) is 9.92. The predicted molar refractivity (Wildman–Crippen MR) is 80.5 cm³/mol. The number of rotatable bonds is 4. The Morgan fingerprint density at radius 3 is 2.65 bits per heavy atom. The quantitative estimate of drug-likeness (QED) is 0.914. The van der Waals surface area contributed by atoms with Crippen LogP contribution < -0.4 is 5.32 Å². The molecular weight excluding hydrogens is 248 g/mol. The maximum absolute atomic E-state index is 4.67. The minimum atomic E-state index is 0.917. The topological polar surface area (TPSA) is 41.1 Å². The molecule has 1 saturated heterocycles. The lowest BCUT2D eigenvalue weighted by atomic mass is 10.1. The third-order valence-corrected chi connectivity index (χ3v) is 3.64. The molecule has 0 unspecified atom stereocenters. The first-order valence-corrected chi connectivity index (χ1v) is 7.22. The van der Waals surface area contributed by atoms with Crippen LogP contribution in [-0.4, -0.2) is 47.6 Å². The maximum Gasteiger partial charge on any atom is 0.130 e. The number of hydrogen-bond acceptors (Lipinski definition) is 4. The minimum absolute atomic E-state index is 0.917. The van der Waals surface area contributed by atoms with E-state index in [1.54, 1.807) is 0 Å². The number of piperazine rings is 1. The van der Waals surface area contributed by atoms with Gasteiger partial charge in [-0.3, -0.25) is 0 Å². The Morgan fingerprint density at radius 1 is 1.05 bits per heavy atom. The molecule has 0 amide bonds. The summed E-state index contributed by atoms with van der Waals surface area (Å²) in [6.45, 7) is 5.46. The Morgan fingerprint density at radius 2 is 1.85 bits per heavy atom. The molecule has 1 fully saturated rings. The van der Waals surface area contributed by atoms with Crippen LogP contribution in [0.4, 0.5) is 0 Å². The van der Waals surface area contributed by atoms with Crippen molar-refractivity contribution in [1.29, 1.82) is 0 Å². The molecule has 0 saturated carbocycles. The summed E-state index contributed by atoms with van der Waals surface area (Å²) < 4.78 is 0. The number of nitrogens with zero attached hydrogens (tertiary/aromatic N) is 3. The van der Waals surface area contributed by atoms with Crippen molar-refractivity contribution < 1.29 is 0 Å². The molecule has 0 atom stereocenters. The van der Waals surface area contributed by atoms with E-state index in [1.807, 2.05) is 30.5 Å². The van der Waals surface area contributed by atoms with Crippen molar-refractivity contribution in [1.82, 2.24) is 20.2 Å². The number of benzene rings is 1. The van der Waals surface area contributed by atoms with Crippen LogP contribution in [0.1, 0.15) is 5.82 Å². The third-order valence-electron chi connectivity index (χ3n) is 3.64. The highest BCUT2D eigenvalue weighted by Crippen LogP contribution is 2.15. The first kappa shape index (κ1) is 13.2. The molecule has 104 valence electrons. The summed E-state index contributed by atoms with van der Waals surface area (Å²) in [5, 5.41) is 3.37. The molecule has 20 heavy (non-hydrogen) atoms. The van der Waals surface area contributed by atoms with E-state index in [9.17, 15) is 0 Å². The van der Waals surface area contributed by atoms with Gasteiger partial charge in [-0.05, 0) is 6.07 Å². The van der Waals surface area contributed by atoms with E-state index >= 15 is 0 Å². The Labute approximate surface area is 119 Å². The van der Waals surface area contributed by atoms with Gasteiger partial charge in [0.1, 0.15) is 5.82 Å². The molecule has 2 aromatic rings. The van der Waals surface area contributed by atoms with Gasteiger partial charge in [0, 0.05) is 50.9 Å². The lowest BCUT2D eigenvalue weighted by molar-refractivity contribution is 0.242. The fraction of sp³-hybridized carbons (Fsp3) is 0.375. The van der Waals surface area contributed by atoms with E-state index in [2.05, 4.69) is 32.3 Å². The van der Waals surface area contributed by atoms with Gasteiger partial charge in [0.15, 0.2) is 0 Å². The Bertz CT molecular complexity index is 535. The third kappa shape index (κ3) is 3.40. The zero-order chi connectivity index (χ0) is 13.6. The summed E-state index contributed by atoms with van der Waals surface area (Å²) >= 11 is 0. The van der Waals surface area contributed by atoms with Gasteiger partial charge in [-0.2, -0.15) is 0 Å². The summed E-state index contributed by atoms with van der Waals surface area (Å²) in [5.41, 5.74) is 2.16. The molecule has 2 heterocycles. The van der Waals surface area contributed by atoms with Crippen LogP contribution in [0.2, 0.25) is 0 Å². The largest absolute Gasteiger partial charge is 0.314 e. The van der Waals surface area contributed by atoms with Gasteiger partial charge in [-0.1, -0.05) is 30.3 Å². The van der Waals surface area contributed by atoms with Crippen molar-refractivity contribution in [2.75, 3.05) is 32.7 Å². The Balaban J connectivity index is 1.65. The monoisotopic (exact) mass is 268 g/mol. The van der Waals surface area contributed by atoms with E-state index in [0.29, 0.717) is 0 Å². The number of aromatic nitrogens is 2. The molecule has 0 spiro atoms. The fourth-order valence-electron chi connectivity index (χ4n) is 2.48. The van der Waals surface area contributed by atoms with Crippen LogP contribution in [0, 0.1) is 0 Å². The molecule has 1 N–H and O–H groups in total. The molecule has 1 aromatic heterocycles. The Kier molecular flexibility index (Phi) is 4.35. The summed E-state index contributed by atoms with van der Waals surface area (Å²) in [6.07, 6.45) is 2.78. The average Bonchev–Trinajstić information content (AvgIpc) is 2.55. The highest BCUT2D eigenvalue weighted by molar-refractivity contribution is 5.58. The van der Waals surface area contributed by atoms with Crippen molar-refractivity contribution in [3.63, 3.8) is 0 Å². The van der Waals surface area contributed by atoms with Gasteiger partial charge < -0.3 is 10.2 Å². The lowest BCUT2D eigenvalue weighted by Crippen LogP contribution is -2.44. The summed E-state index contributed by atoms with van der Waals surface area (Å²) in [6, 6.07) is 12.3. The van der Waals surface area contributed by atoms with Crippen LogP contribution in [0.15, 0.2) is 42.6 Å². The van der Waals surface area contributed by atoms with Gasteiger partial charge >= 0.3 is 0 Å². The smallest absolute Gasteiger partial charge is 0.130 e. The van der Waals surface area contributed by atoms with Crippen molar-refractivity contribution in [2.24, 2.45) is 0 Å². The van der Waals surface area contributed by atoms with Crippen LogP contribution in [0.25, 0.3) is 11.3 Å². The van der Waals surface area contributed by atoms with Gasteiger partial charge in [-0.25, -0.2) is 9.97 Å². The summed E-state index contributed by atoms with van der Waals surface area (Å²) in [7, 11) is 0. The SMILES string of the molecule is c1ccc(-c2ccnc(CCN3CCNCC3)n2)cc1. The van der Waals surface area contributed by atoms with E-state index in [0.717, 1.165) is 56.2 Å². The van der Waals surface area contributed by atoms with Crippen molar-refractivity contribution >= 4 is 0 Å². The standard InChI is InChI=1S/C16H20N4/c1-2-4-14(5-3-1)15-6-8-18-16(19-15)7-11-20-12-9-17-10-13-20/h1-6,8,17H,7,9-13H2. The second kappa shape index (κ2) is 6.59. The molecule has 0 radical (unpaired) electrons. The second-order valence-electron chi connectivity index (χ2n) is 5.07. The van der Waals surface area contributed by atoms with Gasteiger partial charge in [0.05, 0.1) is 5.69 Å². The highest BCUT2D eigenvalue weighted by atomic mass is 15.2. The number of nitrogens with one attached hydrogen (secondary N) is 1. The second-order valence-corrected chi connectivity index (χ2v) is 5.07. The lowest BCUT2D eigenvalue weighted by Gasteiger charge is -2.26. The van der Waals surface area contributed by atoms with Gasteiger partial charge in [-0.15, -0.1) is 0 Å². The average molecular weight is 268 g/mol. The zero-order valence-electron chi connectivity index (χ0n) is 11.6. The minimum Gasteiger partial charge on any atom is -0.314 e. The van der Waals surface area contributed by atoms with Crippen molar-refractivity contribution in [3.8, 4) is 11.3 Å². The molecule has 3 rings (SSSR count). The van der Waals surface area contributed by atoms with Crippen LogP contribution in [0.5, 0.6) is 0 Å².